The van der Waals surface area contributed by atoms with Gasteiger partial charge in [0.25, 0.3) is 10.0 Å². The van der Waals surface area contributed by atoms with E-state index in [4.69, 9.17) is 4.74 Å². The summed E-state index contributed by atoms with van der Waals surface area (Å²) in [4.78, 5) is 5.52. The van der Waals surface area contributed by atoms with Gasteiger partial charge < -0.3 is 15.4 Å². The summed E-state index contributed by atoms with van der Waals surface area (Å²) in [5.41, 5.74) is 0. The maximum Gasteiger partial charge on any atom is 0.252 e. The highest BCUT2D eigenvalue weighted by molar-refractivity contribution is 7.91. The first-order valence-electron chi connectivity index (χ1n) is 8.72. The van der Waals surface area contributed by atoms with Crippen LogP contribution >= 0.6 is 11.3 Å². The second-order valence-electron chi connectivity index (χ2n) is 6.40. The molecule has 3 rings (SSSR count). The van der Waals surface area contributed by atoms with Crippen molar-refractivity contribution in [1.82, 2.24) is 14.9 Å². The maximum absolute atomic E-state index is 12.7. The van der Waals surface area contributed by atoms with Crippen molar-refractivity contribution in [2.45, 2.75) is 37.1 Å². The topological polar surface area (TPSA) is 83.0 Å². The largest absolute Gasteiger partial charge is 0.379 e. The van der Waals surface area contributed by atoms with Gasteiger partial charge in [0.1, 0.15) is 4.21 Å². The fourth-order valence-electron chi connectivity index (χ4n) is 2.67. The van der Waals surface area contributed by atoms with E-state index in [0.717, 1.165) is 17.4 Å². The summed E-state index contributed by atoms with van der Waals surface area (Å²) in [6, 6.07) is 4.03. The SMILES string of the molecule is CCNC(=NCc1ccc(S(=O)(=O)N2CCOCC2)s1)NC1CC1C. The van der Waals surface area contributed by atoms with Crippen LogP contribution in [-0.2, 0) is 21.3 Å². The molecule has 2 aliphatic rings. The van der Waals surface area contributed by atoms with Crippen LogP contribution in [0.5, 0.6) is 0 Å². The van der Waals surface area contributed by atoms with Gasteiger partial charge in [-0.15, -0.1) is 11.3 Å². The van der Waals surface area contributed by atoms with Crippen LogP contribution in [-0.4, -0.2) is 57.6 Å². The lowest BCUT2D eigenvalue weighted by Gasteiger charge is -2.25. The van der Waals surface area contributed by atoms with E-state index in [0.29, 0.717) is 49.0 Å². The molecule has 2 N–H and O–H groups in total. The van der Waals surface area contributed by atoms with Crippen molar-refractivity contribution in [2.24, 2.45) is 10.9 Å². The van der Waals surface area contributed by atoms with Crippen molar-refractivity contribution in [3.8, 4) is 0 Å². The molecule has 1 aromatic rings. The summed E-state index contributed by atoms with van der Waals surface area (Å²) in [6.45, 7) is 7.27. The molecule has 1 aliphatic carbocycles. The number of nitrogens with zero attached hydrogens (tertiary/aromatic N) is 2. The third-order valence-electron chi connectivity index (χ3n) is 4.37. The van der Waals surface area contributed by atoms with Crippen LogP contribution in [0.3, 0.4) is 0 Å². The Morgan fingerprint density at radius 1 is 1.40 bits per heavy atom. The van der Waals surface area contributed by atoms with E-state index < -0.39 is 10.0 Å². The molecule has 1 aliphatic heterocycles. The highest BCUT2D eigenvalue weighted by Gasteiger charge is 2.33. The molecule has 1 saturated heterocycles. The summed E-state index contributed by atoms with van der Waals surface area (Å²) in [6.07, 6.45) is 1.17. The maximum atomic E-state index is 12.7. The molecule has 25 heavy (non-hydrogen) atoms. The number of sulfonamides is 1. The third-order valence-corrected chi connectivity index (χ3v) is 7.81. The minimum Gasteiger partial charge on any atom is -0.379 e. The number of ether oxygens (including phenoxy) is 1. The molecule has 0 amide bonds. The Morgan fingerprint density at radius 2 is 2.12 bits per heavy atom. The lowest BCUT2D eigenvalue weighted by molar-refractivity contribution is 0.0731. The van der Waals surface area contributed by atoms with Gasteiger partial charge in [-0.3, -0.25) is 0 Å². The standard InChI is InChI=1S/C16H26N4O3S2/c1-3-17-16(19-14-10-12(14)2)18-11-13-4-5-15(24-13)25(21,22)20-6-8-23-9-7-20/h4-5,12,14H,3,6-11H2,1-2H3,(H2,17,18,19). The molecular weight excluding hydrogens is 360 g/mol. The Bertz CT molecular complexity index is 711. The predicted octanol–water partition coefficient (Wildman–Crippen LogP) is 1.23. The third kappa shape index (κ3) is 4.72. The number of thiophene rings is 1. The minimum absolute atomic E-state index is 0.383. The number of nitrogens with one attached hydrogen (secondary N) is 2. The zero-order valence-corrected chi connectivity index (χ0v) is 16.3. The highest BCUT2D eigenvalue weighted by atomic mass is 32.2. The number of hydrogen-bond acceptors (Lipinski definition) is 5. The molecule has 2 heterocycles. The molecule has 1 aromatic heterocycles. The quantitative estimate of drug-likeness (QED) is 0.568. The van der Waals surface area contributed by atoms with Crippen molar-refractivity contribution in [1.29, 1.82) is 0 Å². The average Bonchev–Trinajstić information content (AvgIpc) is 3.10. The zero-order valence-electron chi connectivity index (χ0n) is 14.7. The predicted molar refractivity (Wildman–Crippen MR) is 99.4 cm³/mol. The van der Waals surface area contributed by atoms with E-state index in [1.807, 2.05) is 13.0 Å². The van der Waals surface area contributed by atoms with Crippen LogP contribution in [0.15, 0.2) is 21.3 Å². The molecule has 2 atom stereocenters. The number of rotatable bonds is 6. The van der Waals surface area contributed by atoms with Crippen molar-refractivity contribution in [3.05, 3.63) is 17.0 Å². The Hall–Kier alpha value is -1.16. The van der Waals surface area contributed by atoms with Gasteiger partial charge in [-0.1, -0.05) is 6.92 Å². The molecule has 2 unspecified atom stereocenters. The number of morpholine rings is 1. The Kier molecular flexibility index (Phi) is 5.98. The van der Waals surface area contributed by atoms with Gasteiger partial charge in [0.15, 0.2) is 5.96 Å². The number of guanidine groups is 1. The fraction of sp³-hybridized carbons (Fsp3) is 0.688. The van der Waals surface area contributed by atoms with Crippen LogP contribution in [0.2, 0.25) is 0 Å². The Morgan fingerprint density at radius 3 is 2.76 bits per heavy atom. The number of aliphatic imine (C=N–C) groups is 1. The Labute approximate surface area is 153 Å². The smallest absolute Gasteiger partial charge is 0.252 e. The van der Waals surface area contributed by atoms with Crippen molar-refractivity contribution in [3.63, 3.8) is 0 Å². The van der Waals surface area contributed by atoms with Crippen LogP contribution in [0.25, 0.3) is 0 Å². The monoisotopic (exact) mass is 386 g/mol. The van der Waals surface area contributed by atoms with Crippen LogP contribution in [0.1, 0.15) is 25.1 Å². The van der Waals surface area contributed by atoms with Gasteiger partial charge >= 0.3 is 0 Å². The molecule has 2 fully saturated rings. The Balaban J connectivity index is 1.64. The first-order valence-corrected chi connectivity index (χ1v) is 11.0. The van der Waals surface area contributed by atoms with E-state index in [1.54, 1.807) is 6.07 Å². The normalized spacial score (nSPS) is 25.0. The average molecular weight is 387 g/mol. The van der Waals surface area contributed by atoms with Gasteiger partial charge in [0, 0.05) is 30.6 Å². The van der Waals surface area contributed by atoms with Gasteiger partial charge in [-0.2, -0.15) is 4.31 Å². The minimum atomic E-state index is -3.41. The highest BCUT2D eigenvalue weighted by Crippen LogP contribution is 2.29. The molecule has 0 spiro atoms. The number of hydrogen-bond donors (Lipinski definition) is 2. The van der Waals surface area contributed by atoms with Crippen molar-refractivity contribution >= 4 is 27.3 Å². The van der Waals surface area contributed by atoms with E-state index in [-0.39, 0.29) is 0 Å². The van der Waals surface area contributed by atoms with Gasteiger partial charge in [0.2, 0.25) is 0 Å². The van der Waals surface area contributed by atoms with Crippen molar-refractivity contribution in [2.75, 3.05) is 32.8 Å². The lowest BCUT2D eigenvalue weighted by atomic mass is 10.4. The van der Waals surface area contributed by atoms with Gasteiger partial charge in [-0.25, -0.2) is 13.4 Å². The van der Waals surface area contributed by atoms with E-state index in [1.165, 1.54) is 22.1 Å². The van der Waals surface area contributed by atoms with Crippen LogP contribution in [0.4, 0.5) is 0 Å². The van der Waals surface area contributed by atoms with Crippen LogP contribution in [0, 0.1) is 5.92 Å². The molecule has 140 valence electrons. The van der Waals surface area contributed by atoms with Gasteiger partial charge in [0.05, 0.1) is 19.8 Å². The second-order valence-corrected chi connectivity index (χ2v) is 9.73. The van der Waals surface area contributed by atoms with Crippen molar-refractivity contribution < 1.29 is 13.2 Å². The van der Waals surface area contributed by atoms with E-state index in [9.17, 15) is 8.42 Å². The molecule has 0 bridgehead atoms. The summed E-state index contributed by atoms with van der Waals surface area (Å²) >= 11 is 1.30. The molecule has 0 radical (unpaired) electrons. The van der Waals surface area contributed by atoms with Gasteiger partial charge in [-0.05, 0) is 31.4 Å². The first-order chi connectivity index (χ1) is 12.0. The summed E-state index contributed by atoms with van der Waals surface area (Å²) in [5, 5.41) is 6.64. The molecule has 1 saturated carbocycles. The molecule has 9 heteroatoms. The van der Waals surface area contributed by atoms with Crippen LogP contribution < -0.4 is 10.6 Å². The first kappa shape index (κ1) is 18.6. The summed E-state index contributed by atoms with van der Waals surface area (Å²) in [7, 11) is -3.41. The molecule has 0 aromatic carbocycles. The second kappa shape index (κ2) is 8.03. The summed E-state index contributed by atoms with van der Waals surface area (Å²) in [5.74, 6) is 1.48. The lowest BCUT2D eigenvalue weighted by Crippen LogP contribution is -2.40. The summed E-state index contributed by atoms with van der Waals surface area (Å²) < 4.78 is 32.4. The van der Waals surface area contributed by atoms with E-state index >= 15 is 0 Å². The molecule has 7 nitrogen and oxygen atoms in total. The zero-order chi connectivity index (χ0) is 17.9. The molecular formula is C16H26N4O3S2. The van der Waals surface area contributed by atoms with E-state index in [2.05, 4.69) is 22.5 Å². The fourth-order valence-corrected chi connectivity index (χ4v) is 5.51.